The molecule has 0 atom stereocenters. The predicted molar refractivity (Wildman–Crippen MR) is 130 cm³/mol. The zero-order chi connectivity index (χ0) is 26.1. The molecular formula is C23H21Cl2F3N4O3S. The minimum atomic E-state index is -4.46. The van der Waals surface area contributed by atoms with Gasteiger partial charge in [0, 0.05) is 19.3 Å². The van der Waals surface area contributed by atoms with Gasteiger partial charge < -0.3 is 5.32 Å². The van der Waals surface area contributed by atoms with E-state index in [-0.39, 0.29) is 32.7 Å². The second-order valence-electron chi connectivity index (χ2n) is 8.31. The predicted octanol–water partition coefficient (Wildman–Crippen LogP) is 5.68. The lowest BCUT2D eigenvalue weighted by Crippen LogP contribution is -2.35. The number of piperidine rings is 1. The van der Waals surface area contributed by atoms with Crippen molar-refractivity contribution in [2.75, 3.05) is 18.4 Å². The van der Waals surface area contributed by atoms with E-state index in [1.54, 1.807) is 0 Å². The number of benzene rings is 2. The molecule has 7 nitrogen and oxygen atoms in total. The van der Waals surface area contributed by atoms with E-state index in [0.717, 1.165) is 37.5 Å². The molecular weight excluding hydrogens is 540 g/mol. The van der Waals surface area contributed by atoms with Crippen LogP contribution < -0.4 is 5.32 Å². The molecule has 1 amide bonds. The van der Waals surface area contributed by atoms with E-state index in [9.17, 15) is 26.4 Å². The molecule has 192 valence electrons. The Hall–Kier alpha value is -2.60. The number of amides is 1. The molecule has 1 aromatic heterocycles. The summed E-state index contributed by atoms with van der Waals surface area (Å²) in [5, 5.41) is 6.53. The molecule has 1 fully saturated rings. The number of alkyl halides is 3. The molecule has 1 saturated heterocycles. The summed E-state index contributed by atoms with van der Waals surface area (Å²) >= 11 is 12.4. The second-order valence-corrected chi connectivity index (χ2v) is 11.0. The topological polar surface area (TPSA) is 84.3 Å². The molecule has 2 heterocycles. The number of rotatable bonds is 6. The van der Waals surface area contributed by atoms with Crippen molar-refractivity contribution in [1.29, 1.82) is 0 Å². The van der Waals surface area contributed by atoms with Crippen LogP contribution in [-0.4, -0.2) is 41.5 Å². The van der Waals surface area contributed by atoms with Gasteiger partial charge in [0.1, 0.15) is 4.90 Å². The fourth-order valence-corrected chi connectivity index (χ4v) is 6.24. The van der Waals surface area contributed by atoms with Crippen molar-refractivity contribution in [2.24, 2.45) is 0 Å². The Morgan fingerprint density at radius 2 is 1.78 bits per heavy atom. The number of nitrogens with zero attached hydrogens (tertiary/aromatic N) is 3. The molecule has 3 aromatic rings. The van der Waals surface area contributed by atoms with Crippen LogP contribution in [0.25, 0.3) is 0 Å². The van der Waals surface area contributed by atoms with Crippen LogP contribution in [-0.2, 0) is 22.7 Å². The van der Waals surface area contributed by atoms with Crippen LogP contribution >= 0.6 is 23.2 Å². The lowest BCUT2D eigenvalue weighted by molar-refractivity contribution is -0.137. The maximum Gasteiger partial charge on any atom is 0.416 e. The summed E-state index contributed by atoms with van der Waals surface area (Å²) in [5.74, 6) is -0.689. The molecule has 13 heteroatoms. The first-order chi connectivity index (χ1) is 16.9. The van der Waals surface area contributed by atoms with Crippen molar-refractivity contribution in [1.82, 2.24) is 14.1 Å². The highest BCUT2D eigenvalue weighted by Gasteiger charge is 2.31. The maximum absolute atomic E-state index is 13.1. The molecule has 36 heavy (non-hydrogen) atoms. The third-order valence-electron chi connectivity index (χ3n) is 5.69. The molecule has 1 N–H and O–H groups in total. The van der Waals surface area contributed by atoms with Crippen molar-refractivity contribution in [3.05, 3.63) is 75.5 Å². The van der Waals surface area contributed by atoms with Gasteiger partial charge in [-0.3, -0.25) is 9.48 Å². The number of hydrogen-bond donors (Lipinski definition) is 1. The molecule has 0 spiro atoms. The van der Waals surface area contributed by atoms with E-state index in [1.807, 2.05) is 0 Å². The van der Waals surface area contributed by atoms with Crippen LogP contribution in [0.1, 0.15) is 40.7 Å². The van der Waals surface area contributed by atoms with E-state index >= 15 is 0 Å². The number of hydrogen-bond acceptors (Lipinski definition) is 4. The van der Waals surface area contributed by atoms with Crippen molar-refractivity contribution in [3.8, 4) is 0 Å². The second kappa shape index (κ2) is 10.4. The van der Waals surface area contributed by atoms with Crippen LogP contribution in [0.3, 0.4) is 0 Å². The molecule has 0 saturated carbocycles. The fraction of sp³-hybridized carbons (Fsp3) is 0.304. The van der Waals surface area contributed by atoms with E-state index in [1.165, 1.54) is 39.6 Å². The van der Waals surface area contributed by atoms with Gasteiger partial charge in [0.25, 0.3) is 5.91 Å². The quantitative estimate of drug-likeness (QED) is 0.420. The van der Waals surface area contributed by atoms with Gasteiger partial charge >= 0.3 is 6.18 Å². The van der Waals surface area contributed by atoms with Gasteiger partial charge in [0.05, 0.1) is 39.6 Å². The lowest BCUT2D eigenvalue weighted by atomic mass is 10.1. The molecule has 4 rings (SSSR count). The van der Waals surface area contributed by atoms with Crippen LogP contribution in [0.4, 0.5) is 18.9 Å². The molecule has 1 aliphatic heterocycles. The minimum Gasteiger partial charge on any atom is -0.319 e. The number of carbonyl (C=O) groups excluding carboxylic acids is 1. The van der Waals surface area contributed by atoms with E-state index < -0.39 is 27.7 Å². The van der Waals surface area contributed by atoms with Crippen molar-refractivity contribution < 1.29 is 26.4 Å². The van der Waals surface area contributed by atoms with Gasteiger partial charge in [0.15, 0.2) is 0 Å². The highest BCUT2D eigenvalue weighted by atomic mass is 35.5. The highest BCUT2D eigenvalue weighted by molar-refractivity contribution is 7.89. The Labute approximate surface area is 215 Å². The van der Waals surface area contributed by atoms with Crippen LogP contribution in [0.2, 0.25) is 10.0 Å². The fourth-order valence-electron chi connectivity index (χ4n) is 3.89. The van der Waals surface area contributed by atoms with Crippen molar-refractivity contribution in [3.63, 3.8) is 0 Å². The average Bonchev–Trinajstić information content (AvgIpc) is 3.25. The number of aromatic nitrogens is 2. The van der Waals surface area contributed by atoms with Gasteiger partial charge in [0.2, 0.25) is 10.0 Å². The Morgan fingerprint density at radius 3 is 2.47 bits per heavy atom. The van der Waals surface area contributed by atoms with Gasteiger partial charge in [-0.05, 0) is 42.7 Å². The summed E-state index contributed by atoms with van der Waals surface area (Å²) in [6.07, 6.45) is 0.714. The molecule has 0 radical (unpaired) electrons. The van der Waals surface area contributed by atoms with Crippen molar-refractivity contribution >= 4 is 44.8 Å². The standard InChI is InChI=1S/C23H21Cl2F3N4O3S/c24-19-11-20(25)21(36(34,35)32-7-2-1-3-8-32)10-18(19)22(33)30-17-12-29-31(14-17)13-15-5-4-6-16(9-15)23(26,27)28/h4-6,9-12,14H,1-3,7-8,13H2,(H,30,33). The number of sulfonamides is 1. The van der Waals surface area contributed by atoms with Crippen LogP contribution in [0.5, 0.6) is 0 Å². The molecule has 2 aromatic carbocycles. The van der Waals surface area contributed by atoms with Gasteiger partial charge in [-0.2, -0.15) is 22.6 Å². The highest BCUT2D eigenvalue weighted by Crippen LogP contribution is 2.32. The van der Waals surface area contributed by atoms with Crippen molar-refractivity contribution in [2.45, 2.75) is 36.9 Å². The van der Waals surface area contributed by atoms with Gasteiger partial charge in [-0.1, -0.05) is 41.8 Å². The summed E-state index contributed by atoms with van der Waals surface area (Å²) in [5.41, 5.74) is -0.242. The Balaban J connectivity index is 1.52. The summed E-state index contributed by atoms with van der Waals surface area (Å²) in [7, 11) is -3.92. The Kier molecular flexibility index (Phi) is 7.65. The summed E-state index contributed by atoms with van der Waals surface area (Å²) in [6.45, 7) is 0.779. The minimum absolute atomic E-state index is 0.0357. The first-order valence-corrected chi connectivity index (χ1v) is 13.1. The summed E-state index contributed by atoms with van der Waals surface area (Å²) in [4.78, 5) is 12.7. The monoisotopic (exact) mass is 560 g/mol. The van der Waals surface area contributed by atoms with E-state index in [4.69, 9.17) is 23.2 Å². The van der Waals surface area contributed by atoms with Crippen LogP contribution in [0.15, 0.2) is 53.7 Å². The normalized spacial score (nSPS) is 15.1. The van der Waals surface area contributed by atoms with Gasteiger partial charge in [-0.25, -0.2) is 8.42 Å². The lowest BCUT2D eigenvalue weighted by Gasteiger charge is -2.26. The number of nitrogens with one attached hydrogen (secondary N) is 1. The first-order valence-electron chi connectivity index (χ1n) is 10.9. The maximum atomic E-state index is 13.1. The number of anilines is 1. The summed E-state index contributed by atoms with van der Waals surface area (Å²) in [6, 6.07) is 7.21. The third kappa shape index (κ3) is 5.86. The van der Waals surface area contributed by atoms with Crippen LogP contribution in [0, 0.1) is 0 Å². The van der Waals surface area contributed by atoms with E-state index in [2.05, 4.69) is 10.4 Å². The molecule has 0 aliphatic carbocycles. The third-order valence-corrected chi connectivity index (χ3v) is 8.37. The Morgan fingerprint density at radius 1 is 1.06 bits per heavy atom. The summed E-state index contributed by atoms with van der Waals surface area (Å²) < 4.78 is 67.8. The molecule has 1 aliphatic rings. The smallest absolute Gasteiger partial charge is 0.319 e. The molecule has 0 unspecified atom stereocenters. The SMILES string of the molecule is O=C(Nc1cnn(Cc2cccc(C(F)(F)F)c2)c1)c1cc(S(=O)(=O)N2CCCCC2)c(Cl)cc1Cl. The van der Waals surface area contributed by atoms with E-state index in [0.29, 0.717) is 18.7 Å². The molecule has 0 bridgehead atoms. The van der Waals surface area contributed by atoms with Gasteiger partial charge in [-0.15, -0.1) is 0 Å². The Bertz CT molecular complexity index is 1390. The number of halogens is 5. The number of carbonyl (C=O) groups is 1. The first kappa shape index (κ1) is 26.5. The zero-order valence-corrected chi connectivity index (χ0v) is 21.1. The largest absolute Gasteiger partial charge is 0.416 e. The average molecular weight is 561 g/mol. The zero-order valence-electron chi connectivity index (χ0n) is 18.7.